The Kier molecular flexibility index (Phi) is 7.32. The van der Waals surface area contributed by atoms with Crippen LogP contribution >= 0.6 is 28.1 Å². The lowest BCUT2D eigenvalue weighted by Gasteiger charge is -2.16. The lowest BCUT2D eigenvalue weighted by atomic mass is 10.1. The molecule has 6 nitrogen and oxygen atoms in total. The maximum Gasteiger partial charge on any atom is 0.257 e. The highest BCUT2D eigenvalue weighted by Gasteiger charge is 2.15. The van der Waals surface area contributed by atoms with Gasteiger partial charge >= 0.3 is 0 Å². The van der Waals surface area contributed by atoms with Gasteiger partial charge in [0.2, 0.25) is 0 Å². The predicted molar refractivity (Wildman–Crippen MR) is 113 cm³/mol. The molecule has 0 saturated carbocycles. The molecular weight excluding hydrogens is 430 g/mol. The predicted octanol–water partition coefficient (Wildman–Crippen LogP) is 3.68. The van der Waals surface area contributed by atoms with Crippen LogP contribution in [0.15, 0.2) is 46.9 Å². The van der Waals surface area contributed by atoms with E-state index in [9.17, 15) is 9.59 Å². The van der Waals surface area contributed by atoms with Crippen LogP contribution < -0.4 is 15.4 Å². The summed E-state index contributed by atoms with van der Waals surface area (Å²) >= 11 is 8.60. The number of hydrogen-bond acceptors (Lipinski definition) is 4. The average Bonchev–Trinajstić information content (AvgIpc) is 2.63. The molecule has 0 bridgehead atoms. The molecule has 2 aromatic carbocycles. The summed E-state index contributed by atoms with van der Waals surface area (Å²) in [5.41, 5.74) is 1.41. The quantitative estimate of drug-likeness (QED) is 0.681. The fourth-order valence-electron chi connectivity index (χ4n) is 2.26. The summed E-state index contributed by atoms with van der Waals surface area (Å²) in [7, 11) is 3.34. The van der Waals surface area contributed by atoms with Gasteiger partial charge in [0.1, 0.15) is 5.75 Å². The van der Waals surface area contributed by atoms with Crippen LogP contribution in [0.1, 0.15) is 27.6 Å². The van der Waals surface area contributed by atoms with Crippen molar-refractivity contribution in [3.63, 3.8) is 0 Å². The lowest BCUT2D eigenvalue weighted by molar-refractivity contribution is 0.0828. The van der Waals surface area contributed by atoms with Crippen molar-refractivity contribution in [2.45, 2.75) is 6.92 Å². The number of amides is 2. The summed E-state index contributed by atoms with van der Waals surface area (Å²) in [6, 6.07) is 12.0. The number of para-hydroxylation sites is 1. The Morgan fingerprint density at radius 1 is 1.19 bits per heavy atom. The number of rotatable bonds is 5. The Labute approximate surface area is 172 Å². The van der Waals surface area contributed by atoms with Gasteiger partial charge in [-0.25, -0.2) is 0 Å². The van der Waals surface area contributed by atoms with E-state index in [1.165, 1.54) is 4.90 Å². The Morgan fingerprint density at radius 2 is 1.89 bits per heavy atom. The molecule has 142 valence electrons. The van der Waals surface area contributed by atoms with E-state index in [2.05, 4.69) is 26.6 Å². The van der Waals surface area contributed by atoms with Crippen molar-refractivity contribution in [1.82, 2.24) is 10.2 Å². The van der Waals surface area contributed by atoms with Gasteiger partial charge in [-0.3, -0.25) is 14.9 Å². The van der Waals surface area contributed by atoms with Crippen molar-refractivity contribution in [1.29, 1.82) is 0 Å². The fourth-order valence-corrected chi connectivity index (χ4v) is 2.96. The largest absolute Gasteiger partial charge is 0.493 e. The molecule has 0 spiro atoms. The van der Waals surface area contributed by atoms with Crippen molar-refractivity contribution in [3.05, 3.63) is 58.1 Å². The minimum absolute atomic E-state index is 0.101. The Bertz CT molecular complexity index is 871. The smallest absolute Gasteiger partial charge is 0.257 e. The van der Waals surface area contributed by atoms with Gasteiger partial charge in [-0.15, -0.1) is 0 Å². The van der Waals surface area contributed by atoms with E-state index in [0.29, 0.717) is 33.6 Å². The van der Waals surface area contributed by atoms with Crippen LogP contribution in [0.4, 0.5) is 5.69 Å². The third-order valence-electron chi connectivity index (χ3n) is 3.53. The van der Waals surface area contributed by atoms with Crippen LogP contribution in [0.2, 0.25) is 0 Å². The maximum absolute atomic E-state index is 12.4. The first-order valence-corrected chi connectivity index (χ1v) is 9.39. The second kappa shape index (κ2) is 9.48. The molecule has 0 unspecified atom stereocenters. The molecule has 0 heterocycles. The van der Waals surface area contributed by atoms with E-state index < -0.39 is 0 Å². The zero-order valence-corrected chi connectivity index (χ0v) is 17.6. The molecule has 0 radical (unpaired) electrons. The Hall–Kier alpha value is -2.45. The minimum Gasteiger partial charge on any atom is -0.493 e. The van der Waals surface area contributed by atoms with Crippen LogP contribution in [-0.2, 0) is 0 Å². The standard InChI is InChI=1S/C19H20BrN3O3S/c1-4-26-16-10-9-12(11-14(16)20)17(24)22-19(27)21-15-8-6-5-7-13(15)18(25)23(2)3/h5-11H,4H2,1-3H3,(H2,21,22,24,27). The van der Waals surface area contributed by atoms with Gasteiger partial charge in [0.05, 0.1) is 22.3 Å². The van der Waals surface area contributed by atoms with Gasteiger partial charge < -0.3 is 15.0 Å². The highest BCUT2D eigenvalue weighted by Crippen LogP contribution is 2.26. The van der Waals surface area contributed by atoms with E-state index in [1.807, 2.05) is 6.92 Å². The van der Waals surface area contributed by atoms with Crippen molar-refractivity contribution in [2.24, 2.45) is 0 Å². The van der Waals surface area contributed by atoms with Crippen molar-refractivity contribution >= 4 is 50.8 Å². The number of thiocarbonyl (C=S) groups is 1. The third-order valence-corrected chi connectivity index (χ3v) is 4.36. The second-order valence-corrected chi connectivity index (χ2v) is 6.99. The number of hydrogen-bond donors (Lipinski definition) is 2. The van der Waals surface area contributed by atoms with Crippen LogP contribution in [0.3, 0.4) is 0 Å². The number of carbonyl (C=O) groups excluding carboxylic acids is 2. The van der Waals surface area contributed by atoms with Crippen LogP contribution in [0.5, 0.6) is 5.75 Å². The summed E-state index contributed by atoms with van der Waals surface area (Å²) in [5.74, 6) is 0.126. The maximum atomic E-state index is 12.4. The molecule has 2 rings (SSSR count). The lowest BCUT2D eigenvalue weighted by Crippen LogP contribution is -2.35. The van der Waals surface area contributed by atoms with Gasteiger partial charge in [0.15, 0.2) is 5.11 Å². The summed E-state index contributed by atoms with van der Waals surface area (Å²) in [6.07, 6.45) is 0. The molecule has 8 heteroatoms. The highest BCUT2D eigenvalue weighted by atomic mass is 79.9. The number of benzene rings is 2. The summed E-state index contributed by atoms with van der Waals surface area (Å²) in [5, 5.41) is 5.62. The van der Waals surface area contributed by atoms with Crippen molar-refractivity contribution in [2.75, 3.05) is 26.0 Å². The number of anilines is 1. The molecular formula is C19H20BrN3O3S. The normalized spacial score (nSPS) is 10.1. The van der Waals surface area contributed by atoms with Crippen LogP contribution in [0, 0.1) is 0 Å². The molecule has 0 aliphatic carbocycles. The molecule has 2 N–H and O–H groups in total. The van der Waals surface area contributed by atoms with Gasteiger partial charge in [-0.1, -0.05) is 12.1 Å². The Morgan fingerprint density at radius 3 is 2.52 bits per heavy atom. The first kappa shape index (κ1) is 20.9. The van der Waals surface area contributed by atoms with Crippen molar-refractivity contribution in [3.8, 4) is 5.75 Å². The Balaban J connectivity index is 2.09. The van der Waals surface area contributed by atoms with Crippen molar-refractivity contribution < 1.29 is 14.3 Å². The summed E-state index contributed by atoms with van der Waals surface area (Å²) in [4.78, 5) is 26.1. The topological polar surface area (TPSA) is 70.7 Å². The van der Waals surface area contributed by atoms with E-state index in [-0.39, 0.29) is 16.9 Å². The number of ether oxygens (including phenoxy) is 1. The van der Waals surface area contributed by atoms with E-state index in [4.69, 9.17) is 17.0 Å². The summed E-state index contributed by atoms with van der Waals surface area (Å²) < 4.78 is 6.11. The molecule has 0 saturated heterocycles. The van der Waals surface area contributed by atoms with E-state index in [0.717, 1.165) is 0 Å². The van der Waals surface area contributed by atoms with Crippen LogP contribution in [-0.4, -0.2) is 42.5 Å². The van der Waals surface area contributed by atoms with Gasteiger partial charge in [-0.2, -0.15) is 0 Å². The molecule has 0 fully saturated rings. The number of nitrogens with one attached hydrogen (secondary N) is 2. The first-order valence-electron chi connectivity index (χ1n) is 8.18. The average molecular weight is 450 g/mol. The number of halogens is 1. The zero-order valence-electron chi connectivity index (χ0n) is 15.2. The molecule has 0 atom stereocenters. The van der Waals surface area contributed by atoms with Gasteiger partial charge in [0, 0.05) is 19.7 Å². The molecule has 0 aromatic heterocycles. The number of nitrogens with zero attached hydrogens (tertiary/aromatic N) is 1. The minimum atomic E-state index is -0.368. The van der Waals surface area contributed by atoms with E-state index >= 15 is 0 Å². The first-order chi connectivity index (χ1) is 12.8. The fraction of sp³-hybridized carbons (Fsp3) is 0.211. The van der Waals surface area contributed by atoms with Gasteiger partial charge in [-0.05, 0) is 65.4 Å². The SMILES string of the molecule is CCOc1ccc(C(=O)NC(=S)Nc2ccccc2C(=O)N(C)C)cc1Br. The third kappa shape index (κ3) is 5.51. The highest BCUT2D eigenvalue weighted by molar-refractivity contribution is 9.10. The molecule has 2 amide bonds. The number of carbonyl (C=O) groups is 2. The summed E-state index contributed by atoms with van der Waals surface area (Å²) in [6.45, 7) is 2.42. The second-order valence-electron chi connectivity index (χ2n) is 5.73. The molecule has 2 aromatic rings. The van der Waals surface area contributed by atoms with Gasteiger partial charge in [0.25, 0.3) is 11.8 Å². The van der Waals surface area contributed by atoms with E-state index in [1.54, 1.807) is 56.6 Å². The molecule has 0 aliphatic heterocycles. The monoisotopic (exact) mass is 449 g/mol. The molecule has 0 aliphatic rings. The zero-order chi connectivity index (χ0) is 20.0. The van der Waals surface area contributed by atoms with Crippen LogP contribution in [0.25, 0.3) is 0 Å². The molecule has 27 heavy (non-hydrogen) atoms.